The van der Waals surface area contributed by atoms with Gasteiger partial charge >= 0.3 is 0 Å². The van der Waals surface area contributed by atoms with Crippen molar-refractivity contribution in [1.82, 2.24) is 0 Å². The molecule has 4 N–H and O–H groups in total. The molecule has 1 atom stereocenters. The molecule has 1 aliphatic heterocycles. The Balaban J connectivity index is 2.33. The zero-order chi connectivity index (χ0) is 7.40. The van der Waals surface area contributed by atoms with Crippen LogP contribution in [0.15, 0.2) is 11.9 Å². The monoisotopic (exact) mass is 142 g/mol. The summed E-state index contributed by atoms with van der Waals surface area (Å²) in [5.41, 5.74) is 10.6. The van der Waals surface area contributed by atoms with Gasteiger partial charge < -0.3 is 16.2 Å². The lowest BCUT2D eigenvalue weighted by molar-refractivity contribution is 0.0461. The number of rotatable bonds is 1. The average molecular weight is 142 g/mol. The summed E-state index contributed by atoms with van der Waals surface area (Å²) in [7, 11) is 0. The molecule has 1 saturated heterocycles. The van der Waals surface area contributed by atoms with Crippen LogP contribution >= 0.6 is 0 Å². The van der Waals surface area contributed by atoms with Gasteiger partial charge in [-0.2, -0.15) is 0 Å². The SMILES string of the molecule is NC(N)=CC1CCCCO1. The first-order valence-corrected chi connectivity index (χ1v) is 3.63. The van der Waals surface area contributed by atoms with Crippen LogP contribution in [0, 0.1) is 0 Å². The van der Waals surface area contributed by atoms with E-state index in [2.05, 4.69) is 0 Å². The highest BCUT2D eigenvalue weighted by Crippen LogP contribution is 2.13. The Morgan fingerprint density at radius 3 is 2.70 bits per heavy atom. The molecule has 1 aliphatic rings. The summed E-state index contributed by atoms with van der Waals surface area (Å²) in [6.07, 6.45) is 5.37. The number of nitrogens with two attached hydrogens (primary N) is 2. The minimum absolute atomic E-state index is 0.166. The van der Waals surface area contributed by atoms with Gasteiger partial charge in [0.25, 0.3) is 0 Å². The minimum Gasteiger partial charge on any atom is -0.386 e. The maximum absolute atomic E-state index is 5.35. The first-order chi connectivity index (χ1) is 4.79. The first-order valence-electron chi connectivity index (χ1n) is 3.63. The van der Waals surface area contributed by atoms with E-state index in [0.717, 1.165) is 19.4 Å². The molecule has 1 fully saturated rings. The van der Waals surface area contributed by atoms with Crippen molar-refractivity contribution in [3.8, 4) is 0 Å². The third kappa shape index (κ3) is 2.27. The van der Waals surface area contributed by atoms with Gasteiger partial charge in [-0.25, -0.2) is 0 Å². The largest absolute Gasteiger partial charge is 0.386 e. The molecule has 1 unspecified atom stereocenters. The second kappa shape index (κ2) is 3.46. The van der Waals surface area contributed by atoms with Gasteiger partial charge in [0.2, 0.25) is 0 Å². The Kier molecular flexibility index (Phi) is 2.57. The van der Waals surface area contributed by atoms with E-state index in [1.165, 1.54) is 6.42 Å². The Hall–Kier alpha value is -0.700. The van der Waals surface area contributed by atoms with Crippen molar-refractivity contribution in [1.29, 1.82) is 0 Å². The fourth-order valence-corrected chi connectivity index (χ4v) is 1.11. The summed E-state index contributed by atoms with van der Waals surface area (Å²) in [4.78, 5) is 0. The lowest BCUT2D eigenvalue weighted by Crippen LogP contribution is -2.20. The molecule has 0 spiro atoms. The molecule has 0 aromatic rings. The zero-order valence-corrected chi connectivity index (χ0v) is 6.05. The molecule has 0 aromatic heterocycles. The number of hydrogen-bond acceptors (Lipinski definition) is 3. The topological polar surface area (TPSA) is 61.3 Å². The third-order valence-corrected chi connectivity index (χ3v) is 1.59. The smallest absolute Gasteiger partial charge is 0.0918 e. The van der Waals surface area contributed by atoms with Crippen LogP contribution in [0.2, 0.25) is 0 Å². The second-order valence-corrected chi connectivity index (χ2v) is 2.57. The predicted octanol–water partition coefficient (Wildman–Crippen LogP) is 0.314. The molecule has 0 saturated carbocycles. The van der Waals surface area contributed by atoms with Gasteiger partial charge in [0.05, 0.1) is 11.9 Å². The van der Waals surface area contributed by atoms with Crippen LogP contribution < -0.4 is 11.5 Å². The lowest BCUT2D eigenvalue weighted by atomic mass is 10.1. The van der Waals surface area contributed by atoms with Gasteiger partial charge in [-0.3, -0.25) is 0 Å². The van der Waals surface area contributed by atoms with E-state index in [0.29, 0.717) is 5.82 Å². The fraction of sp³-hybridized carbons (Fsp3) is 0.714. The molecule has 0 aromatic carbocycles. The quantitative estimate of drug-likeness (QED) is 0.554. The van der Waals surface area contributed by atoms with Crippen molar-refractivity contribution in [2.45, 2.75) is 25.4 Å². The molecule has 0 aliphatic carbocycles. The molecular formula is C7H14N2O. The Bertz CT molecular complexity index is 124. The summed E-state index contributed by atoms with van der Waals surface area (Å²) in [5.74, 6) is 0.368. The zero-order valence-electron chi connectivity index (χ0n) is 6.05. The molecule has 0 radical (unpaired) electrons. The van der Waals surface area contributed by atoms with E-state index in [1.807, 2.05) is 0 Å². The summed E-state index contributed by atoms with van der Waals surface area (Å²) in [6.45, 7) is 0.842. The van der Waals surface area contributed by atoms with Crippen molar-refractivity contribution in [3.05, 3.63) is 11.9 Å². The van der Waals surface area contributed by atoms with E-state index in [-0.39, 0.29) is 6.10 Å². The molecule has 0 amide bonds. The highest BCUT2D eigenvalue weighted by atomic mass is 16.5. The molecule has 0 bridgehead atoms. The van der Waals surface area contributed by atoms with Gasteiger partial charge in [0.15, 0.2) is 0 Å². The van der Waals surface area contributed by atoms with Crippen LogP contribution in [0.1, 0.15) is 19.3 Å². The summed E-state index contributed by atoms with van der Waals surface area (Å²) < 4.78 is 5.35. The average Bonchev–Trinajstić information content (AvgIpc) is 1.88. The Morgan fingerprint density at radius 1 is 1.40 bits per heavy atom. The lowest BCUT2D eigenvalue weighted by Gasteiger charge is -2.19. The van der Waals surface area contributed by atoms with Gasteiger partial charge in [-0.1, -0.05) is 0 Å². The molecule has 1 rings (SSSR count). The molecular weight excluding hydrogens is 128 g/mol. The maximum atomic E-state index is 5.35. The van der Waals surface area contributed by atoms with Crippen molar-refractivity contribution >= 4 is 0 Å². The van der Waals surface area contributed by atoms with Gasteiger partial charge in [0.1, 0.15) is 0 Å². The fourth-order valence-electron chi connectivity index (χ4n) is 1.11. The second-order valence-electron chi connectivity index (χ2n) is 2.57. The number of hydrogen-bond donors (Lipinski definition) is 2. The van der Waals surface area contributed by atoms with Crippen LogP contribution in [0.4, 0.5) is 0 Å². The van der Waals surface area contributed by atoms with Crippen LogP contribution in [0.25, 0.3) is 0 Å². The Labute approximate surface area is 61.0 Å². The molecule has 3 heteroatoms. The number of ether oxygens (including phenoxy) is 1. The Morgan fingerprint density at radius 2 is 2.20 bits per heavy atom. The molecule has 10 heavy (non-hydrogen) atoms. The van der Waals surface area contributed by atoms with E-state index in [1.54, 1.807) is 6.08 Å². The summed E-state index contributed by atoms with van der Waals surface area (Å²) >= 11 is 0. The summed E-state index contributed by atoms with van der Waals surface area (Å²) in [5, 5.41) is 0. The van der Waals surface area contributed by atoms with Crippen molar-refractivity contribution in [2.75, 3.05) is 6.61 Å². The highest BCUT2D eigenvalue weighted by molar-refractivity contribution is 4.96. The normalized spacial score (nSPS) is 25.8. The van der Waals surface area contributed by atoms with Crippen LogP contribution in [-0.2, 0) is 4.74 Å². The molecule has 58 valence electrons. The van der Waals surface area contributed by atoms with Crippen molar-refractivity contribution < 1.29 is 4.74 Å². The van der Waals surface area contributed by atoms with E-state index < -0.39 is 0 Å². The molecule has 3 nitrogen and oxygen atoms in total. The third-order valence-electron chi connectivity index (χ3n) is 1.59. The van der Waals surface area contributed by atoms with Gasteiger partial charge in [0, 0.05) is 6.61 Å². The molecule has 1 heterocycles. The maximum Gasteiger partial charge on any atom is 0.0918 e. The van der Waals surface area contributed by atoms with E-state index in [9.17, 15) is 0 Å². The predicted molar refractivity (Wildman–Crippen MR) is 40.0 cm³/mol. The van der Waals surface area contributed by atoms with Crippen LogP contribution in [0.3, 0.4) is 0 Å². The standard InChI is InChI=1S/C7H14N2O/c8-7(9)5-6-3-1-2-4-10-6/h5-6H,1-4,8-9H2. The van der Waals surface area contributed by atoms with Gasteiger partial charge in [-0.15, -0.1) is 0 Å². The van der Waals surface area contributed by atoms with Crippen molar-refractivity contribution in [2.24, 2.45) is 11.5 Å². The van der Waals surface area contributed by atoms with Crippen molar-refractivity contribution in [3.63, 3.8) is 0 Å². The summed E-state index contributed by atoms with van der Waals surface area (Å²) in [6, 6.07) is 0. The van der Waals surface area contributed by atoms with Crippen LogP contribution in [0.5, 0.6) is 0 Å². The van der Waals surface area contributed by atoms with Crippen LogP contribution in [-0.4, -0.2) is 12.7 Å². The minimum atomic E-state index is 0.166. The van der Waals surface area contributed by atoms with E-state index in [4.69, 9.17) is 16.2 Å². The van der Waals surface area contributed by atoms with E-state index >= 15 is 0 Å². The van der Waals surface area contributed by atoms with Gasteiger partial charge in [-0.05, 0) is 25.3 Å². The first kappa shape index (κ1) is 7.41. The highest BCUT2D eigenvalue weighted by Gasteiger charge is 2.10.